The molecule has 6 heteroatoms. The lowest BCUT2D eigenvalue weighted by Gasteiger charge is -2.13. The van der Waals surface area contributed by atoms with Crippen LogP contribution in [0.15, 0.2) is 29.4 Å². The number of aliphatic hydroxyl groups excluding tert-OH is 1. The van der Waals surface area contributed by atoms with E-state index in [0.29, 0.717) is 16.5 Å². The van der Waals surface area contributed by atoms with Crippen molar-refractivity contribution in [2.75, 3.05) is 0 Å². The summed E-state index contributed by atoms with van der Waals surface area (Å²) in [7, 11) is 0. The zero-order valence-electron chi connectivity index (χ0n) is 11.6. The van der Waals surface area contributed by atoms with Crippen LogP contribution in [0.25, 0.3) is 0 Å². The van der Waals surface area contributed by atoms with Gasteiger partial charge in [0.25, 0.3) is 0 Å². The number of aromatic nitrogens is 3. The van der Waals surface area contributed by atoms with E-state index in [4.69, 9.17) is 0 Å². The minimum Gasteiger partial charge on any atom is -0.388 e. The molecule has 2 rings (SSSR count). The van der Waals surface area contributed by atoms with Gasteiger partial charge >= 0.3 is 0 Å². The van der Waals surface area contributed by atoms with Crippen molar-refractivity contribution in [2.45, 2.75) is 43.8 Å². The van der Waals surface area contributed by atoms with Crippen LogP contribution in [0.4, 0.5) is 4.39 Å². The molecule has 1 heterocycles. The predicted octanol–water partition coefficient (Wildman–Crippen LogP) is 3.17. The summed E-state index contributed by atoms with van der Waals surface area (Å²) >= 11 is 1.45. The van der Waals surface area contributed by atoms with Gasteiger partial charge in [-0.25, -0.2) is 4.39 Å². The molecule has 0 saturated heterocycles. The topological polar surface area (TPSA) is 50.9 Å². The molecule has 0 saturated carbocycles. The summed E-state index contributed by atoms with van der Waals surface area (Å²) in [4.78, 5) is 0. The summed E-state index contributed by atoms with van der Waals surface area (Å²) in [6, 6.07) is 6.74. The van der Waals surface area contributed by atoms with E-state index in [9.17, 15) is 9.50 Å². The summed E-state index contributed by atoms with van der Waals surface area (Å²) in [5, 5.41) is 18.0. The monoisotopic (exact) mass is 295 g/mol. The Balaban J connectivity index is 2.21. The van der Waals surface area contributed by atoms with Crippen molar-refractivity contribution in [3.63, 3.8) is 0 Å². The van der Waals surface area contributed by atoms with Crippen molar-refractivity contribution in [3.05, 3.63) is 41.5 Å². The Morgan fingerprint density at radius 3 is 2.75 bits per heavy atom. The molecule has 1 atom stereocenters. The number of benzene rings is 1. The molecule has 0 amide bonds. The third kappa shape index (κ3) is 3.19. The summed E-state index contributed by atoms with van der Waals surface area (Å²) in [5.41, 5.74) is 0.647. The van der Waals surface area contributed by atoms with E-state index < -0.39 is 0 Å². The van der Waals surface area contributed by atoms with Crippen molar-refractivity contribution in [1.82, 2.24) is 14.8 Å². The summed E-state index contributed by atoms with van der Waals surface area (Å²) in [6.45, 7) is 4.60. The molecule has 20 heavy (non-hydrogen) atoms. The SMILES string of the molecule is CCCn1c(CO)nnc1SC(C)c1ccccc1F. The largest absolute Gasteiger partial charge is 0.388 e. The fraction of sp³-hybridized carbons (Fsp3) is 0.429. The Hall–Kier alpha value is -1.40. The Morgan fingerprint density at radius 2 is 2.10 bits per heavy atom. The van der Waals surface area contributed by atoms with Crippen LogP contribution >= 0.6 is 11.8 Å². The van der Waals surface area contributed by atoms with E-state index in [1.54, 1.807) is 12.1 Å². The van der Waals surface area contributed by atoms with Crippen LogP contribution in [0.3, 0.4) is 0 Å². The Morgan fingerprint density at radius 1 is 1.35 bits per heavy atom. The molecule has 2 aromatic rings. The van der Waals surface area contributed by atoms with Gasteiger partial charge in [-0.1, -0.05) is 36.9 Å². The molecule has 0 aliphatic heterocycles. The summed E-state index contributed by atoms with van der Waals surface area (Å²) in [6.07, 6.45) is 0.923. The average Bonchev–Trinajstić information content (AvgIpc) is 2.82. The zero-order chi connectivity index (χ0) is 14.5. The molecule has 4 nitrogen and oxygen atoms in total. The maximum Gasteiger partial charge on any atom is 0.191 e. The molecule has 0 spiro atoms. The van der Waals surface area contributed by atoms with Crippen LogP contribution in [0.1, 0.15) is 36.9 Å². The van der Waals surface area contributed by atoms with E-state index in [1.165, 1.54) is 17.8 Å². The van der Waals surface area contributed by atoms with Crippen LogP contribution in [-0.4, -0.2) is 19.9 Å². The first-order valence-corrected chi connectivity index (χ1v) is 7.49. The molecule has 1 unspecified atom stereocenters. The standard InChI is InChI=1S/C14H18FN3OS/c1-3-8-18-13(9-19)16-17-14(18)20-10(2)11-6-4-5-7-12(11)15/h4-7,10,19H,3,8-9H2,1-2H3. The number of thioether (sulfide) groups is 1. The third-order valence-corrected chi connectivity index (χ3v) is 4.13. The first-order valence-electron chi connectivity index (χ1n) is 6.61. The highest BCUT2D eigenvalue weighted by molar-refractivity contribution is 7.99. The van der Waals surface area contributed by atoms with Crippen LogP contribution in [0, 0.1) is 5.82 Å². The molecule has 0 bridgehead atoms. The number of rotatable bonds is 6. The molecule has 1 N–H and O–H groups in total. The van der Waals surface area contributed by atoms with Crippen molar-refractivity contribution >= 4 is 11.8 Å². The molecular weight excluding hydrogens is 277 g/mol. The van der Waals surface area contributed by atoms with Gasteiger partial charge in [0.2, 0.25) is 0 Å². The van der Waals surface area contributed by atoms with Crippen molar-refractivity contribution in [1.29, 1.82) is 0 Å². The van der Waals surface area contributed by atoms with Crippen LogP contribution in [-0.2, 0) is 13.2 Å². The zero-order valence-corrected chi connectivity index (χ0v) is 12.4. The highest BCUT2D eigenvalue weighted by Crippen LogP contribution is 2.35. The van der Waals surface area contributed by atoms with Crippen LogP contribution in [0.5, 0.6) is 0 Å². The van der Waals surface area contributed by atoms with Crippen molar-refractivity contribution < 1.29 is 9.50 Å². The Bertz CT molecular complexity index is 573. The van der Waals surface area contributed by atoms with E-state index >= 15 is 0 Å². The van der Waals surface area contributed by atoms with Gasteiger partial charge in [-0.15, -0.1) is 10.2 Å². The van der Waals surface area contributed by atoms with E-state index in [-0.39, 0.29) is 17.7 Å². The van der Waals surface area contributed by atoms with Gasteiger partial charge in [0.1, 0.15) is 12.4 Å². The molecule has 0 radical (unpaired) electrons. The fourth-order valence-corrected chi connectivity index (χ4v) is 3.04. The maximum atomic E-state index is 13.8. The van der Waals surface area contributed by atoms with Gasteiger partial charge in [0.15, 0.2) is 11.0 Å². The van der Waals surface area contributed by atoms with Gasteiger partial charge in [0.05, 0.1) is 0 Å². The molecule has 0 aliphatic rings. The molecule has 0 fully saturated rings. The number of nitrogens with zero attached hydrogens (tertiary/aromatic N) is 3. The predicted molar refractivity (Wildman–Crippen MR) is 76.9 cm³/mol. The smallest absolute Gasteiger partial charge is 0.191 e. The third-order valence-electron chi connectivity index (χ3n) is 3.01. The highest BCUT2D eigenvalue weighted by atomic mass is 32.2. The van der Waals surface area contributed by atoms with Crippen molar-refractivity contribution in [3.8, 4) is 0 Å². The number of hydrogen-bond acceptors (Lipinski definition) is 4. The van der Waals surface area contributed by atoms with Gasteiger partial charge in [-0.05, 0) is 19.4 Å². The normalized spacial score (nSPS) is 12.6. The van der Waals surface area contributed by atoms with E-state index in [2.05, 4.69) is 17.1 Å². The lowest BCUT2D eigenvalue weighted by molar-refractivity contribution is 0.263. The van der Waals surface area contributed by atoms with Gasteiger partial charge in [0, 0.05) is 17.4 Å². The number of aliphatic hydroxyl groups is 1. The number of hydrogen-bond donors (Lipinski definition) is 1. The van der Waals surface area contributed by atoms with E-state index in [0.717, 1.165) is 13.0 Å². The van der Waals surface area contributed by atoms with E-state index in [1.807, 2.05) is 17.6 Å². The first-order chi connectivity index (χ1) is 9.67. The molecule has 108 valence electrons. The Labute approximate surface area is 122 Å². The lowest BCUT2D eigenvalue weighted by Crippen LogP contribution is -2.05. The summed E-state index contributed by atoms with van der Waals surface area (Å²) < 4.78 is 15.7. The molecule has 0 aliphatic carbocycles. The number of halogens is 1. The van der Waals surface area contributed by atoms with Crippen LogP contribution < -0.4 is 0 Å². The molecule has 1 aromatic carbocycles. The minimum absolute atomic E-state index is 0.0671. The second kappa shape index (κ2) is 6.85. The van der Waals surface area contributed by atoms with Gasteiger partial charge in [-0.3, -0.25) is 0 Å². The van der Waals surface area contributed by atoms with Gasteiger partial charge in [-0.2, -0.15) is 0 Å². The highest BCUT2D eigenvalue weighted by Gasteiger charge is 2.17. The Kier molecular flexibility index (Phi) is 5.14. The molecule has 1 aromatic heterocycles. The minimum atomic E-state index is -0.212. The quantitative estimate of drug-likeness (QED) is 0.832. The first kappa shape index (κ1) is 15.0. The lowest BCUT2D eigenvalue weighted by atomic mass is 10.1. The fourth-order valence-electron chi connectivity index (χ4n) is 2.00. The van der Waals surface area contributed by atoms with Gasteiger partial charge < -0.3 is 9.67 Å². The van der Waals surface area contributed by atoms with Crippen molar-refractivity contribution in [2.24, 2.45) is 0 Å². The average molecular weight is 295 g/mol. The second-order valence-corrected chi connectivity index (χ2v) is 5.80. The van der Waals surface area contributed by atoms with Crippen LogP contribution in [0.2, 0.25) is 0 Å². The maximum absolute atomic E-state index is 13.8. The second-order valence-electron chi connectivity index (χ2n) is 4.49. The summed E-state index contributed by atoms with van der Waals surface area (Å²) in [5.74, 6) is 0.339. The molecular formula is C14H18FN3OS.